The lowest BCUT2D eigenvalue weighted by atomic mass is 9.76. The fourth-order valence-corrected chi connectivity index (χ4v) is 5.79. The van der Waals surface area contributed by atoms with Crippen LogP contribution >= 0.6 is 11.6 Å². The molecule has 42 heavy (non-hydrogen) atoms. The Morgan fingerprint density at radius 2 is 1.26 bits per heavy atom. The summed E-state index contributed by atoms with van der Waals surface area (Å²) in [5.74, 6) is 0.313. The number of hydrogen-bond acceptors (Lipinski definition) is 3. The van der Waals surface area contributed by atoms with Crippen LogP contribution < -0.4 is 0 Å². The molecule has 0 atom stereocenters. The lowest BCUT2D eigenvalue weighted by Crippen LogP contribution is -2.39. The number of aromatic nitrogens is 3. The molecule has 0 aliphatic heterocycles. The van der Waals surface area contributed by atoms with E-state index in [2.05, 4.69) is 41.0 Å². The van der Waals surface area contributed by atoms with Crippen LogP contribution in [0.2, 0.25) is 5.02 Å². The van der Waals surface area contributed by atoms with Crippen LogP contribution in [0.15, 0.2) is 140 Å². The van der Waals surface area contributed by atoms with E-state index in [0.29, 0.717) is 27.7 Å². The number of imidazole rings is 1. The predicted molar refractivity (Wildman–Crippen MR) is 165 cm³/mol. The summed E-state index contributed by atoms with van der Waals surface area (Å²) in [5, 5.41) is 0.558. The molecule has 0 spiro atoms. The third kappa shape index (κ3) is 4.89. The van der Waals surface area contributed by atoms with E-state index in [0.717, 1.165) is 16.7 Å². The van der Waals surface area contributed by atoms with Gasteiger partial charge >= 0.3 is 0 Å². The summed E-state index contributed by atoms with van der Waals surface area (Å²) < 4.78 is 3.80. The molecule has 0 aliphatic carbocycles. The van der Waals surface area contributed by atoms with Crippen LogP contribution in [-0.2, 0) is 19.0 Å². The largest absolute Gasteiger partial charge is 0.347 e. The maximum Gasteiger partial charge on any atom is 0.209 e. The third-order valence-electron chi connectivity index (χ3n) is 7.64. The van der Waals surface area contributed by atoms with Crippen LogP contribution in [0.3, 0.4) is 0 Å². The molecule has 4 aromatic carbocycles. The Kier molecular flexibility index (Phi) is 7.43. The first kappa shape index (κ1) is 27.2. The standard InChI is InChI=1S/C36H28ClN3O2/c1-39-25-27(23-32(39)35(42)26-17-19-31(37)20-18-26)33(41)24-34-38-21-22-40(34)36(28-11-5-2-6-12-28,29-13-7-3-8-14-29)30-15-9-4-10-16-30/h2-23,25H,24H2,1H3. The number of benzene rings is 4. The van der Waals surface area contributed by atoms with Crippen LogP contribution in [0.25, 0.3) is 0 Å². The average Bonchev–Trinajstić information content (AvgIpc) is 3.66. The molecular formula is C36H28ClN3O2. The summed E-state index contributed by atoms with van der Waals surface area (Å²) in [4.78, 5) is 31.7. The zero-order valence-corrected chi connectivity index (χ0v) is 23.8. The van der Waals surface area contributed by atoms with Crippen LogP contribution in [0, 0.1) is 0 Å². The minimum absolute atomic E-state index is 0.0554. The van der Waals surface area contributed by atoms with Crippen molar-refractivity contribution in [3.63, 3.8) is 0 Å². The minimum Gasteiger partial charge on any atom is -0.347 e. The maximum absolute atomic E-state index is 13.8. The SMILES string of the molecule is Cn1cc(C(=O)Cc2nccn2C(c2ccccc2)(c2ccccc2)c2ccccc2)cc1C(=O)c1ccc(Cl)cc1. The highest BCUT2D eigenvalue weighted by Gasteiger charge is 2.39. The minimum atomic E-state index is -0.776. The first-order chi connectivity index (χ1) is 20.5. The molecule has 2 heterocycles. The van der Waals surface area contributed by atoms with Crippen LogP contribution in [-0.4, -0.2) is 25.7 Å². The summed E-state index contributed by atoms with van der Waals surface area (Å²) in [7, 11) is 1.77. The molecule has 206 valence electrons. The van der Waals surface area contributed by atoms with Crippen molar-refractivity contribution in [1.82, 2.24) is 14.1 Å². The molecule has 0 saturated heterocycles. The lowest BCUT2D eigenvalue weighted by Gasteiger charge is -2.38. The van der Waals surface area contributed by atoms with Crippen molar-refractivity contribution < 1.29 is 9.59 Å². The second-order valence-corrected chi connectivity index (χ2v) is 10.6. The quantitative estimate of drug-likeness (QED) is 0.135. The molecule has 2 aromatic heterocycles. The average molecular weight is 570 g/mol. The Labute approximate surface area is 249 Å². The molecule has 0 amide bonds. The van der Waals surface area contributed by atoms with Gasteiger partial charge in [0.15, 0.2) is 5.78 Å². The lowest BCUT2D eigenvalue weighted by molar-refractivity contribution is 0.0988. The molecular weight excluding hydrogens is 542 g/mol. The number of hydrogen-bond donors (Lipinski definition) is 0. The van der Waals surface area contributed by atoms with Gasteiger partial charge in [0, 0.05) is 41.8 Å². The van der Waals surface area contributed by atoms with Gasteiger partial charge in [0.2, 0.25) is 5.78 Å². The fraction of sp³-hybridized carbons (Fsp3) is 0.0833. The van der Waals surface area contributed by atoms with E-state index in [4.69, 9.17) is 16.6 Å². The van der Waals surface area contributed by atoms with Crippen molar-refractivity contribution in [3.8, 4) is 0 Å². The van der Waals surface area contributed by atoms with Crippen LogP contribution in [0.4, 0.5) is 0 Å². The Hall–Kier alpha value is -5.00. The van der Waals surface area contributed by atoms with Crippen molar-refractivity contribution >= 4 is 23.2 Å². The van der Waals surface area contributed by atoms with Gasteiger partial charge in [0.05, 0.1) is 12.1 Å². The zero-order chi connectivity index (χ0) is 29.1. The second kappa shape index (κ2) is 11.5. The molecule has 6 aromatic rings. The number of nitrogens with zero attached hydrogens (tertiary/aromatic N) is 3. The number of rotatable bonds is 9. The number of Topliss-reactive ketones (excluding diaryl/α,β-unsaturated/α-hetero) is 1. The molecule has 6 heteroatoms. The molecule has 0 saturated carbocycles. The van der Waals surface area contributed by atoms with Crippen molar-refractivity contribution in [3.05, 3.63) is 184 Å². The van der Waals surface area contributed by atoms with E-state index in [1.807, 2.05) is 60.8 Å². The van der Waals surface area contributed by atoms with Gasteiger partial charge in [-0.3, -0.25) is 9.59 Å². The third-order valence-corrected chi connectivity index (χ3v) is 7.89. The van der Waals surface area contributed by atoms with E-state index < -0.39 is 5.54 Å². The van der Waals surface area contributed by atoms with Crippen LogP contribution in [0.5, 0.6) is 0 Å². The highest BCUT2D eigenvalue weighted by molar-refractivity contribution is 6.30. The Morgan fingerprint density at radius 3 is 1.79 bits per heavy atom. The predicted octanol–water partition coefficient (Wildman–Crippen LogP) is 7.37. The van der Waals surface area contributed by atoms with E-state index in [1.54, 1.807) is 54.3 Å². The molecule has 5 nitrogen and oxygen atoms in total. The summed E-state index contributed by atoms with van der Waals surface area (Å²) in [5.41, 5.74) is 3.75. The summed E-state index contributed by atoms with van der Waals surface area (Å²) in [6.45, 7) is 0. The smallest absolute Gasteiger partial charge is 0.209 e. The van der Waals surface area contributed by atoms with Gasteiger partial charge in [0.1, 0.15) is 11.4 Å². The number of aryl methyl sites for hydroxylation is 1. The number of halogens is 1. The van der Waals surface area contributed by atoms with Gasteiger partial charge < -0.3 is 9.13 Å². The normalized spacial score (nSPS) is 11.4. The number of carbonyl (C=O) groups excluding carboxylic acids is 2. The second-order valence-electron chi connectivity index (χ2n) is 10.2. The molecule has 0 unspecified atom stereocenters. The van der Waals surface area contributed by atoms with Gasteiger partial charge in [-0.25, -0.2) is 4.98 Å². The van der Waals surface area contributed by atoms with E-state index in [1.165, 1.54) is 0 Å². The molecule has 0 aliphatic rings. The van der Waals surface area contributed by atoms with E-state index >= 15 is 0 Å². The monoisotopic (exact) mass is 569 g/mol. The van der Waals surface area contributed by atoms with Crippen molar-refractivity contribution in [2.24, 2.45) is 7.05 Å². The summed E-state index contributed by atoms with van der Waals surface area (Å²) in [6.07, 6.45) is 5.44. The van der Waals surface area contributed by atoms with Gasteiger partial charge in [-0.05, 0) is 47.0 Å². The van der Waals surface area contributed by atoms with E-state index in [9.17, 15) is 9.59 Å². The number of ketones is 2. The zero-order valence-electron chi connectivity index (χ0n) is 23.0. The highest BCUT2D eigenvalue weighted by atomic mass is 35.5. The Balaban J connectivity index is 1.43. The summed E-state index contributed by atoms with van der Waals surface area (Å²) in [6, 6.07) is 39.2. The van der Waals surface area contributed by atoms with Crippen molar-refractivity contribution in [1.29, 1.82) is 0 Å². The first-order valence-corrected chi connectivity index (χ1v) is 14.1. The van der Waals surface area contributed by atoms with Gasteiger partial charge in [-0.1, -0.05) is 103 Å². The van der Waals surface area contributed by atoms with Crippen molar-refractivity contribution in [2.45, 2.75) is 12.0 Å². The first-order valence-electron chi connectivity index (χ1n) is 13.7. The van der Waals surface area contributed by atoms with Gasteiger partial charge in [-0.2, -0.15) is 0 Å². The van der Waals surface area contributed by atoms with Gasteiger partial charge in [-0.15, -0.1) is 0 Å². The molecule has 0 N–H and O–H groups in total. The maximum atomic E-state index is 13.8. The molecule has 0 radical (unpaired) electrons. The molecule has 6 rings (SSSR count). The summed E-state index contributed by atoms with van der Waals surface area (Å²) >= 11 is 6.00. The van der Waals surface area contributed by atoms with Crippen LogP contribution in [0.1, 0.15) is 48.9 Å². The topological polar surface area (TPSA) is 56.9 Å². The fourth-order valence-electron chi connectivity index (χ4n) is 5.66. The molecule has 0 bridgehead atoms. The van der Waals surface area contributed by atoms with E-state index in [-0.39, 0.29) is 18.0 Å². The molecule has 0 fully saturated rings. The van der Waals surface area contributed by atoms with Gasteiger partial charge in [0.25, 0.3) is 0 Å². The Bertz CT molecular complexity index is 1740. The Morgan fingerprint density at radius 1 is 0.738 bits per heavy atom. The highest BCUT2D eigenvalue weighted by Crippen LogP contribution is 2.41. The number of carbonyl (C=O) groups is 2. The van der Waals surface area contributed by atoms with Crippen molar-refractivity contribution in [2.75, 3.05) is 0 Å².